The third-order valence-corrected chi connectivity index (χ3v) is 5.21. The van der Waals surface area contributed by atoms with Crippen molar-refractivity contribution in [2.45, 2.75) is 0 Å². The van der Waals surface area contributed by atoms with Crippen LogP contribution < -0.4 is 0 Å². The van der Waals surface area contributed by atoms with Gasteiger partial charge in [-0.15, -0.1) is 4.91 Å². The predicted molar refractivity (Wildman–Crippen MR) is 116 cm³/mol. The minimum Gasteiger partial charge on any atom is -0.264 e. The molecule has 0 unspecified atom stereocenters. The third-order valence-electron chi connectivity index (χ3n) is 4.97. The molecule has 0 saturated heterocycles. The minimum absolute atomic E-state index is 0.286. The van der Waals surface area contributed by atoms with E-state index in [1.54, 1.807) is 30.7 Å². The van der Waals surface area contributed by atoms with Gasteiger partial charge >= 0.3 is 0 Å². The van der Waals surface area contributed by atoms with Crippen molar-refractivity contribution in [1.29, 1.82) is 0 Å². The van der Waals surface area contributed by atoms with Crippen molar-refractivity contribution in [3.8, 4) is 22.4 Å². The monoisotopic (exact) mass is 414 g/mol. The maximum Gasteiger partial charge on any atom is 0.160 e. The molecule has 7 heteroatoms. The SMILES string of the molecule is O=Nc1ccc(-c2cc(-c3cc(Cl)ccc3F)nc3ncccc23)c2ccncc12. The van der Waals surface area contributed by atoms with Crippen LogP contribution in [0.1, 0.15) is 0 Å². The molecule has 0 radical (unpaired) electrons. The largest absolute Gasteiger partial charge is 0.264 e. The van der Waals surface area contributed by atoms with Gasteiger partial charge in [-0.05, 0) is 70.2 Å². The Labute approximate surface area is 175 Å². The van der Waals surface area contributed by atoms with Gasteiger partial charge in [0.2, 0.25) is 0 Å². The number of rotatable bonds is 3. The lowest BCUT2D eigenvalue weighted by molar-refractivity contribution is 0.631. The van der Waals surface area contributed by atoms with Gasteiger partial charge in [0.15, 0.2) is 5.65 Å². The maximum atomic E-state index is 14.6. The molecular weight excluding hydrogens is 403 g/mol. The van der Waals surface area contributed by atoms with Gasteiger partial charge in [0.1, 0.15) is 11.5 Å². The molecule has 0 aliphatic heterocycles. The summed E-state index contributed by atoms with van der Waals surface area (Å²) in [6.07, 6.45) is 4.90. The van der Waals surface area contributed by atoms with Crippen LogP contribution in [-0.4, -0.2) is 15.0 Å². The summed E-state index contributed by atoms with van der Waals surface area (Å²) in [5.41, 5.74) is 3.12. The normalized spacial score (nSPS) is 11.1. The second-order valence-electron chi connectivity index (χ2n) is 6.70. The Morgan fingerprint density at radius 2 is 1.77 bits per heavy atom. The molecule has 5 rings (SSSR count). The third kappa shape index (κ3) is 2.98. The molecule has 144 valence electrons. The zero-order chi connectivity index (χ0) is 20.7. The Hall–Kier alpha value is -3.77. The van der Waals surface area contributed by atoms with Gasteiger partial charge in [0, 0.05) is 39.9 Å². The van der Waals surface area contributed by atoms with E-state index in [4.69, 9.17) is 11.6 Å². The zero-order valence-electron chi connectivity index (χ0n) is 15.4. The molecule has 0 amide bonds. The molecule has 0 bridgehead atoms. The molecule has 0 saturated carbocycles. The van der Waals surface area contributed by atoms with Crippen molar-refractivity contribution in [1.82, 2.24) is 15.0 Å². The zero-order valence-corrected chi connectivity index (χ0v) is 16.1. The number of nitrogens with zero attached hydrogens (tertiary/aromatic N) is 4. The number of hydrogen-bond donors (Lipinski definition) is 0. The highest BCUT2D eigenvalue weighted by molar-refractivity contribution is 6.30. The molecule has 0 aliphatic carbocycles. The highest BCUT2D eigenvalue weighted by Crippen LogP contribution is 2.38. The van der Waals surface area contributed by atoms with E-state index in [-0.39, 0.29) is 5.56 Å². The Kier molecular flexibility index (Phi) is 4.41. The molecule has 5 aromatic rings. The number of aromatic nitrogens is 3. The highest BCUT2D eigenvalue weighted by atomic mass is 35.5. The lowest BCUT2D eigenvalue weighted by Crippen LogP contribution is -1.94. The highest BCUT2D eigenvalue weighted by Gasteiger charge is 2.16. The van der Waals surface area contributed by atoms with Crippen LogP contribution in [0.2, 0.25) is 5.02 Å². The molecule has 5 nitrogen and oxygen atoms in total. The molecular formula is C23H12ClFN4O. The average Bonchev–Trinajstić information content (AvgIpc) is 2.79. The van der Waals surface area contributed by atoms with Crippen molar-refractivity contribution in [3.05, 3.63) is 88.9 Å². The van der Waals surface area contributed by atoms with E-state index in [9.17, 15) is 9.30 Å². The second-order valence-corrected chi connectivity index (χ2v) is 7.14. The van der Waals surface area contributed by atoms with Crippen LogP contribution in [0, 0.1) is 10.7 Å². The number of halogens is 2. The number of hydrogen-bond acceptors (Lipinski definition) is 5. The second kappa shape index (κ2) is 7.24. The molecule has 2 aromatic carbocycles. The first-order chi connectivity index (χ1) is 14.7. The van der Waals surface area contributed by atoms with E-state index in [0.717, 1.165) is 21.9 Å². The first kappa shape index (κ1) is 18.3. The topological polar surface area (TPSA) is 68.1 Å². The van der Waals surface area contributed by atoms with E-state index in [1.807, 2.05) is 30.3 Å². The fourth-order valence-electron chi connectivity index (χ4n) is 3.60. The van der Waals surface area contributed by atoms with E-state index in [2.05, 4.69) is 20.1 Å². The molecule has 0 aliphatic rings. The molecule has 0 fully saturated rings. The van der Waals surface area contributed by atoms with Crippen LogP contribution in [-0.2, 0) is 0 Å². The average molecular weight is 415 g/mol. The van der Waals surface area contributed by atoms with Crippen molar-refractivity contribution < 1.29 is 4.39 Å². The van der Waals surface area contributed by atoms with Crippen molar-refractivity contribution in [2.75, 3.05) is 0 Å². The van der Waals surface area contributed by atoms with Crippen LogP contribution >= 0.6 is 11.6 Å². The van der Waals surface area contributed by atoms with Gasteiger partial charge in [-0.1, -0.05) is 17.7 Å². The number of pyridine rings is 3. The lowest BCUT2D eigenvalue weighted by Gasteiger charge is -2.13. The van der Waals surface area contributed by atoms with Crippen LogP contribution in [0.4, 0.5) is 10.1 Å². The van der Waals surface area contributed by atoms with Gasteiger partial charge in [0.25, 0.3) is 0 Å². The molecule has 0 N–H and O–H groups in total. The van der Waals surface area contributed by atoms with Gasteiger partial charge in [-0.25, -0.2) is 14.4 Å². The van der Waals surface area contributed by atoms with Gasteiger partial charge < -0.3 is 0 Å². The van der Waals surface area contributed by atoms with Gasteiger partial charge in [-0.2, -0.15) is 0 Å². The van der Waals surface area contributed by atoms with Crippen LogP contribution in [0.5, 0.6) is 0 Å². The van der Waals surface area contributed by atoms with Crippen LogP contribution in [0.3, 0.4) is 0 Å². The fourth-order valence-corrected chi connectivity index (χ4v) is 3.77. The molecule has 3 heterocycles. The van der Waals surface area contributed by atoms with E-state index < -0.39 is 5.82 Å². The van der Waals surface area contributed by atoms with Crippen molar-refractivity contribution in [3.63, 3.8) is 0 Å². The number of nitroso groups, excluding NO2 is 1. The first-order valence-electron chi connectivity index (χ1n) is 9.07. The van der Waals surface area contributed by atoms with Crippen LogP contribution in [0.25, 0.3) is 44.2 Å². The van der Waals surface area contributed by atoms with Crippen LogP contribution in [0.15, 0.2) is 78.4 Å². The Morgan fingerprint density at radius 3 is 2.63 bits per heavy atom. The summed E-state index contributed by atoms with van der Waals surface area (Å²) in [6, 6.07) is 15.2. The standard InChI is InChI=1S/C23H12ClFN4O/c24-13-3-5-20(25)18(10-13)22-11-17(16-2-1-8-27-23(16)28-22)14-4-6-21(29-30)19-12-26-9-7-15(14)19/h1-12H. The minimum atomic E-state index is -0.428. The molecule has 0 atom stereocenters. The quantitative estimate of drug-likeness (QED) is 0.308. The number of benzene rings is 2. The predicted octanol–water partition coefficient (Wildman–Crippen LogP) is 6.70. The summed E-state index contributed by atoms with van der Waals surface area (Å²) in [6.45, 7) is 0. The Balaban J connectivity index is 1.87. The Bertz CT molecular complexity index is 1450. The maximum absolute atomic E-state index is 14.6. The van der Waals surface area contributed by atoms with Crippen molar-refractivity contribution >= 4 is 39.1 Å². The summed E-state index contributed by atoms with van der Waals surface area (Å²) >= 11 is 6.10. The van der Waals surface area contributed by atoms with E-state index in [0.29, 0.717) is 27.4 Å². The van der Waals surface area contributed by atoms with Gasteiger partial charge in [-0.3, -0.25) is 4.98 Å². The fraction of sp³-hybridized carbons (Fsp3) is 0. The molecule has 3 aromatic heterocycles. The molecule has 0 spiro atoms. The summed E-state index contributed by atoms with van der Waals surface area (Å²) in [4.78, 5) is 24.3. The Morgan fingerprint density at radius 1 is 0.867 bits per heavy atom. The van der Waals surface area contributed by atoms with Gasteiger partial charge in [0.05, 0.1) is 5.69 Å². The lowest BCUT2D eigenvalue weighted by atomic mass is 9.95. The first-order valence-corrected chi connectivity index (χ1v) is 9.45. The smallest absolute Gasteiger partial charge is 0.160 e. The van der Waals surface area contributed by atoms with E-state index in [1.165, 1.54) is 12.1 Å². The number of fused-ring (bicyclic) bond motifs is 2. The summed E-state index contributed by atoms with van der Waals surface area (Å²) in [7, 11) is 0. The summed E-state index contributed by atoms with van der Waals surface area (Å²) in [5, 5.41) is 5.75. The van der Waals surface area contributed by atoms with E-state index >= 15 is 0 Å². The molecule has 30 heavy (non-hydrogen) atoms. The summed E-state index contributed by atoms with van der Waals surface area (Å²) < 4.78 is 14.6. The summed E-state index contributed by atoms with van der Waals surface area (Å²) in [5.74, 6) is -0.428. The van der Waals surface area contributed by atoms with Crippen molar-refractivity contribution in [2.24, 2.45) is 5.18 Å².